The molecule has 1 unspecified atom stereocenters. The zero-order chi connectivity index (χ0) is 33.2. The molecule has 2 aliphatic rings. The summed E-state index contributed by atoms with van der Waals surface area (Å²) in [7, 11) is 0. The van der Waals surface area contributed by atoms with E-state index in [4.69, 9.17) is 9.47 Å². The van der Waals surface area contributed by atoms with E-state index in [1.807, 2.05) is 0 Å². The van der Waals surface area contributed by atoms with Crippen molar-refractivity contribution in [3.05, 3.63) is 69.3 Å². The topological polar surface area (TPSA) is 18.5 Å². The number of fused-ring (bicyclic) bond motifs is 1. The SMILES string of the molecule is CCCC#Cc1cc(C#CCCC)cc(C#Cc2cc(C#CC(C)(C)C)c(C3O[C@H]4CCCCC[C@H]4O3)cc2C#CC(C)(C)C)c1. The predicted molar refractivity (Wildman–Crippen MR) is 191 cm³/mol. The van der Waals surface area contributed by atoms with Crippen LogP contribution in [-0.2, 0) is 9.47 Å². The van der Waals surface area contributed by atoms with Crippen LogP contribution in [0.2, 0.25) is 0 Å². The van der Waals surface area contributed by atoms with Crippen molar-refractivity contribution in [2.45, 2.75) is 132 Å². The lowest BCUT2D eigenvalue weighted by atomic mass is 9.93. The van der Waals surface area contributed by atoms with Gasteiger partial charge in [-0.05, 0) is 97.6 Å². The average Bonchev–Trinajstić information content (AvgIpc) is 3.27. The first kappa shape index (κ1) is 35.0. The highest BCUT2D eigenvalue weighted by molar-refractivity contribution is 5.60. The van der Waals surface area contributed by atoms with E-state index in [9.17, 15) is 0 Å². The number of hydrogen-bond acceptors (Lipinski definition) is 2. The fourth-order valence-electron chi connectivity index (χ4n) is 5.25. The molecule has 2 heteroatoms. The molecule has 2 fully saturated rings. The summed E-state index contributed by atoms with van der Waals surface area (Å²) in [5, 5.41) is 0. The van der Waals surface area contributed by atoms with Gasteiger partial charge in [0.25, 0.3) is 0 Å². The Hall–Kier alpha value is -3.84. The lowest BCUT2D eigenvalue weighted by Gasteiger charge is -2.16. The Morgan fingerprint density at radius 3 is 1.54 bits per heavy atom. The molecular weight excluding hydrogens is 560 g/mol. The Bertz CT molecular complexity index is 1650. The van der Waals surface area contributed by atoms with E-state index in [0.29, 0.717) is 0 Å². The van der Waals surface area contributed by atoms with Crippen LogP contribution in [0.5, 0.6) is 0 Å². The number of unbranched alkanes of at least 4 members (excludes halogenated alkanes) is 2. The summed E-state index contributed by atoms with van der Waals surface area (Å²) in [5.41, 5.74) is 5.95. The second-order valence-electron chi connectivity index (χ2n) is 14.5. The van der Waals surface area contributed by atoms with Gasteiger partial charge >= 0.3 is 0 Å². The fraction of sp³-hybridized carbons (Fsp3) is 0.500. The molecule has 1 saturated heterocycles. The third-order valence-electron chi connectivity index (χ3n) is 7.57. The highest BCUT2D eigenvalue weighted by Crippen LogP contribution is 2.39. The molecule has 0 amide bonds. The van der Waals surface area contributed by atoms with Gasteiger partial charge in [0.15, 0.2) is 6.29 Å². The molecule has 4 rings (SSSR count). The normalized spacial score (nSPS) is 18.8. The third-order valence-corrected chi connectivity index (χ3v) is 7.57. The first-order valence-corrected chi connectivity index (χ1v) is 17.1. The predicted octanol–water partition coefficient (Wildman–Crippen LogP) is 9.93. The van der Waals surface area contributed by atoms with Gasteiger partial charge < -0.3 is 9.47 Å². The summed E-state index contributed by atoms with van der Waals surface area (Å²) in [5.74, 6) is 33.9. The van der Waals surface area contributed by atoms with Gasteiger partial charge in [0.2, 0.25) is 0 Å². The number of hydrogen-bond donors (Lipinski definition) is 0. The Morgan fingerprint density at radius 2 is 1.04 bits per heavy atom. The molecule has 2 nitrogen and oxygen atoms in total. The van der Waals surface area contributed by atoms with Gasteiger partial charge in [-0.3, -0.25) is 0 Å². The van der Waals surface area contributed by atoms with Crippen molar-refractivity contribution in [3.63, 3.8) is 0 Å². The Labute approximate surface area is 279 Å². The van der Waals surface area contributed by atoms with Crippen LogP contribution < -0.4 is 0 Å². The van der Waals surface area contributed by atoms with Crippen molar-refractivity contribution in [3.8, 4) is 59.2 Å². The quantitative estimate of drug-likeness (QED) is 0.322. The minimum absolute atomic E-state index is 0.127. The monoisotopic (exact) mass is 610 g/mol. The van der Waals surface area contributed by atoms with Crippen molar-refractivity contribution in [2.75, 3.05) is 0 Å². The van der Waals surface area contributed by atoms with Crippen molar-refractivity contribution < 1.29 is 9.47 Å². The van der Waals surface area contributed by atoms with Crippen molar-refractivity contribution in [1.29, 1.82) is 0 Å². The van der Waals surface area contributed by atoms with Crippen molar-refractivity contribution >= 4 is 0 Å². The van der Waals surface area contributed by atoms with E-state index in [-0.39, 0.29) is 23.0 Å². The zero-order valence-corrected chi connectivity index (χ0v) is 29.3. The summed E-state index contributed by atoms with van der Waals surface area (Å²) in [4.78, 5) is 0. The van der Waals surface area contributed by atoms with E-state index in [2.05, 4.69) is 145 Å². The number of ether oxygens (including phenoxy) is 2. The maximum atomic E-state index is 6.58. The average molecular weight is 611 g/mol. The maximum Gasteiger partial charge on any atom is 0.185 e. The molecule has 1 saturated carbocycles. The highest BCUT2D eigenvalue weighted by atomic mass is 16.7. The minimum Gasteiger partial charge on any atom is -0.342 e. The van der Waals surface area contributed by atoms with Crippen LogP contribution in [0.25, 0.3) is 0 Å². The number of benzene rings is 2. The molecule has 2 aromatic rings. The summed E-state index contributed by atoms with van der Waals surface area (Å²) in [6.07, 6.45) is 9.27. The van der Waals surface area contributed by atoms with Gasteiger partial charge in [0, 0.05) is 62.6 Å². The van der Waals surface area contributed by atoms with Crippen LogP contribution in [0.15, 0.2) is 30.3 Å². The lowest BCUT2D eigenvalue weighted by Crippen LogP contribution is -2.20. The minimum atomic E-state index is -0.461. The largest absolute Gasteiger partial charge is 0.342 e. The summed E-state index contributed by atoms with van der Waals surface area (Å²) in [6.45, 7) is 17.0. The van der Waals surface area contributed by atoms with Crippen LogP contribution in [0.3, 0.4) is 0 Å². The Morgan fingerprint density at radius 1 is 0.565 bits per heavy atom. The summed E-state index contributed by atoms with van der Waals surface area (Å²) < 4.78 is 13.2. The molecule has 1 heterocycles. The van der Waals surface area contributed by atoms with E-state index >= 15 is 0 Å². The Kier molecular flexibility index (Phi) is 12.3. The summed E-state index contributed by atoms with van der Waals surface area (Å²) in [6, 6.07) is 10.4. The van der Waals surface area contributed by atoms with Crippen molar-refractivity contribution in [1.82, 2.24) is 0 Å². The Balaban J connectivity index is 1.85. The van der Waals surface area contributed by atoms with E-state index < -0.39 is 6.29 Å². The maximum absolute atomic E-state index is 6.58. The van der Waals surface area contributed by atoms with E-state index in [1.54, 1.807) is 0 Å². The molecule has 1 aliphatic heterocycles. The van der Waals surface area contributed by atoms with Gasteiger partial charge in [-0.1, -0.05) is 92.3 Å². The molecule has 1 aliphatic carbocycles. The van der Waals surface area contributed by atoms with Crippen molar-refractivity contribution in [2.24, 2.45) is 10.8 Å². The molecule has 3 atom stereocenters. The number of rotatable bonds is 3. The standard InChI is InChI=1S/C44H50O2/c1-9-11-14-18-33-28-34(19-15-12-10-2)30-35(29-33)22-23-36-31-38(25-27-44(6,7)8)39(32-37(36)24-26-43(3,4)5)42-45-40-20-16-13-17-21-41(40)46-42/h28-32,40-42H,9-13,16-17,20-21H2,1-8H3/t40-,41+,42?. The van der Waals surface area contributed by atoms with Gasteiger partial charge in [-0.15, -0.1) is 0 Å². The molecular formula is C44H50O2. The molecule has 0 aromatic heterocycles. The van der Waals surface area contributed by atoms with E-state index in [0.717, 1.165) is 77.5 Å². The van der Waals surface area contributed by atoms with E-state index in [1.165, 1.54) is 19.3 Å². The second-order valence-corrected chi connectivity index (χ2v) is 14.5. The molecule has 46 heavy (non-hydrogen) atoms. The molecule has 0 bridgehead atoms. The van der Waals surface area contributed by atoms with Crippen LogP contribution in [0, 0.1) is 70.0 Å². The van der Waals surface area contributed by atoms with Gasteiger partial charge in [0.1, 0.15) is 0 Å². The first-order valence-electron chi connectivity index (χ1n) is 17.1. The molecule has 0 radical (unpaired) electrons. The molecule has 238 valence electrons. The lowest BCUT2D eigenvalue weighted by molar-refractivity contribution is -0.0717. The molecule has 0 spiro atoms. The van der Waals surface area contributed by atoms with Crippen LogP contribution >= 0.6 is 0 Å². The first-order chi connectivity index (χ1) is 21.9. The summed E-state index contributed by atoms with van der Waals surface area (Å²) >= 11 is 0. The second kappa shape index (κ2) is 16.1. The fourth-order valence-corrected chi connectivity index (χ4v) is 5.25. The van der Waals surface area contributed by atoms with Crippen LogP contribution in [0.1, 0.15) is 158 Å². The molecule has 0 N–H and O–H groups in total. The van der Waals surface area contributed by atoms with Crippen LogP contribution in [0.4, 0.5) is 0 Å². The van der Waals surface area contributed by atoms with Gasteiger partial charge in [0.05, 0.1) is 12.2 Å². The zero-order valence-electron chi connectivity index (χ0n) is 29.3. The van der Waals surface area contributed by atoms with Crippen LogP contribution in [-0.4, -0.2) is 12.2 Å². The van der Waals surface area contributed by atoms with Gasteiger partial charge in [-0.2, -0.15) is 0 Å². The highest BCUT2D eigenvalue weighted by Gasteiger charge is 2.38. The third kappa shape index (κ3) is 10.9. The smallest absolute Gasteiger partial charge is 0.185 e. The molecule has 2 aromatic carbocycles. The van der Waals surface area contributed by atoms with Gasteiger partial charge in [-0.25, -0.2) is 0 Å².